The second-order valence-electron chi connectivity index (χ2n) is 6.02. The summed E-state index contributed by atoms with van der Waals surface area (Å²) in [6.07, 6.45) is 4.16. The Labute approximate surface area is 116 Å². The van der Waals surface area contributed by atoms with Gasteiger partial charge in [0.05, 0.1) is 11.5 Å². The fourth-order valence-corrected chi connectivity index (χ4v) is 3.60. The molecule has 1 aliphatic rings. The number of aliphatic hydroxyl groups is 1. The first-order valence-corrected chi connectivity index (χ1v) is 7.27. The van der Waals surface area contributed by atoms with Gasteiger partial charge < -0.3 is 5.11 Å². The summed E-state index contributed by atoms with van der Waals surface area (Å²) in [6.45, 7) is 4.24. The predicted molar refractivity (Wildman–Crippen MR) is 76.3 cm³/mol. The van der Waals surface area contributed by atoms with Gasteiger partial charge in [0.15, 0.2) is 0 Å². The van der Waals surface area contributed by atoms with E-state index in [-0.39, 0.29) is 0 Å². The Morgan fingerprint density at radius 2 is 2.11 bits per heavy atom. The Balaban J connectivity index is 2.47. The van der Waals surface area contributed by atoms with Crippen LogP contribution in [0.15, 0.2) is 30.3 Å². The first kappa shape index (κ1) is 14.1. The molecule has 1 aliphatic carbocycles. The van der Waals surface area contributed by atoms with Gasteiger partial charge in [-0.15, -0.1) is 0 Å². The number of benzene rings is 1. The van der Waals surface area contributed by atoms with Crippen molar-refractivity contribution in [1.82, 2.24) is 0 Å². The van der Waals surface area contributed by atoms with E-state index in [9.17, 15) is 10.4 Å². The van der Waals surface area contributed by atoms with E-state index < -0.39 is 11.0 Å². The van der Waals surface area contributed by atoms with Crippen LogP contribution in [0.2, 0.25) is 0 Å². The molecule has 0 saturated heterocycles. The number of hydrogen-bond donors (Lipinski definition) is 1. The summed E-state index contributed by atoms with van der Waals surface area (Å²) in [6, 6.07) is 12.2. The molecule has 0 aromatic heterocycles. The third-order valence-corrected chi connectivity index (χ3v) is 4.63. The molecule has 0 aliphatic heterocycles. The van der Waals surface area contributed by atoms with Gasteiger partial charge in [0.25, 0.3) is 0 Å². The molecule has 102 valence electrons. The summed E-state index contributed by atoms with van der Waals surface area (Å²) >= 11 is 0. The van der Waals surface area contributed by atoms with Gasteiger partial charge in [-0.05, 0) is 37.2 Å². The van der Waals surface area contributed by atoms with Gasteiger partial charge >= 0.3 is 0 Å². The minimum Gasteiger partial charge on any atom is -0.383 e. The van der Waals surface area contributed by atoms with E-state index in [0.29, 0.717) is 12.3 Å². The van der Waals surface area contributed by atoms with Crippen LogP contribution in [0.4, 0.5) is 0 Å². The number of rotatable bonds is 4. The predicted octanol–water partition coefficient (Wildman–Crippen LogP) is 4.00. The normalized spacial score (nSPS) is 29.7. The van der Waals surface area contributed by atoms with Gasteiger partial charge in [0.2, 0.25) is 0 Å². The fraction of sp³-hybridized carbons (Fsp3) is 0.588. The molecule has 0 amide bonds. The molecule has 2 rings (SSSR count). The molecule has 3 unspecified atom stereocenters. The van der Waals surface area contributed by atoms with Crippen LogP contribution in [0.3, 0.4) is 0 Å². The lowest BCUT2D eigenvalue weighted by molar-refractivity contribution is -0.0685. The summed E-state index contributed by atoms with van der Waals surface area (Å²) in [5.41, 5.74) is -0.737. The van der Waals surface area contributed by atoms with E-state index >= 15 is 0 Å². The lowest BCUT2D eigenvalue weighted by Gasteiger charge is -2.41. The highest BCUT2D eigenvalue weighted by atomic mass is 16.3. The van der Waals surface area contributed by atoms with Gasteiger partial charge in [-0.3, -0.25) is 0 Å². The van der Waals surface area contributed by atoms with Crippen LogP contribution in [0.25, 0.3) is 0 Å². The first-order chi connectivity index (χ1) is 9.08. The largest absolute Gasteiger partial charge is 0.383 e. The third kappa shape index (κ3) is 2.28. The van der Waals surface area contributed by atoms with Crippen LogP contribution in [0.5, 0.6) is 0 Å². The number of nitriles is 1. The molecule has 2 heteroatoms. The van der Waals surface area contributed by atoms with E-state index in [0.717, 1.165) is 31.2 Å². The molecule has 1 aromatic carbocycles. The summed E-state index contributed by atoms with van der Waals surface area (Å²) < 4.78 is 0. The smallest absolute Gasteiger partial charge is 0.108 e. The van der Waals surface area contributed by atoms with Crippen molar-refractivity contribution < 1.29 is 5.11 Å². The van der Waals surface area contributed by atoms with Crippen LogP contribution in [0.1, 0.15) is 51.5 Å². The van der Waals surface area contributed by atoms with Crippen molar-refractivity contribution in [2.75, 3.05) is 0 Å². The molecule has 0 spiro atoms. The Bertz CT molecular complexity index is 464. The molecule has 0 bridgehead atoms. The average molecular weight is 257 g/mol. The van der Waals surface area contributed by atoms with Crippen molar-refractivity contribution in [2.45, 2.75) is 51.6 Å². The van der Waals surface area contributed by atoms with Gasteiger partial charge in [-0.2, -0.15) is 5.26 Å². The second-order valence-corrected chi connectivity index (χ2v) is 6.02. The molecule has 0 radical (unpaired) electrons. The van der Waals surface area contributed by atoms with E-state index in [1.54, 1.807) is 0 Å². The van der Waals surface area contributed by atoms with Crippen molar-refractivity contribution in [3.05, 3.63) is 35.9 Å². The van der Waals surface area contributed by atoms with Crippen molar-refractivity contribution in [1.29, 1.82) is 5.26 Å². The highest BCUT2D eigenvalue weighted by Gasteiger charge is 2.54. The lowest BCUT2D eigenvalue weighted by atomic mass is 9.65. The maximum absolute atomic E-state index is 11.3. The van der Waals surface area contributed by atoms with Gasteiger partial charge in [0.1, 0.15) is 5.60 Å². The van der Waals surface area contributed by atoms with Crippen LogP contribution < -0.4 is 0 Å². The van der Waals surface area contributed by atoms with Crippen molar-refractivity contribution in [3.8, 4) is 6.07 Å². The quantitative estimate of drug-likeness (QED) is 0.885. The molecule has 1 aromatic rings. The highest BCUT2D eigenvalue weighted by Crippen LogP contribution is 2.54. The summed E-state index contributed by atoms with van der Waals surface area (Å²) in [4.78, 5) is 0. The Morgan fingerprint density at radius 3 is 2.58 bits per heavy atom. The zero-order valence-electron chi connectivity index (χ0n) is 11.9. The van der Waals surface area contributed by atoms with Gasteiger partial charge in [-0.1, -0.05) is 50.6 Å². The maximum Gasteiger partial charge on any atom is 0.108 e. The molecule has 0 heterocycles. The Morgan fingerprint density at radius 1 is 1.42 bits per heavy atom. The fourth-order valence-electron chi connectivity index (χ4n) is 3.60. The topological polar surface area (TPSA) is 44.0 Å². The minimum absolute atomic E-state index is 0.520. The standard InChI is InChI=1S/C17H23NO/c1-3-10-17(19,15-7-5-4-6-8-15)16(13-18)11-9-14(2)12-16/h4-8,14,19H,3,9-12H2,1-2H3. The molecule has 1 fully saturated rings. The van der Waals surface area contributed by atoms with E-state index in [4.69, 9.17) is 0 Å². The van der Waals surface area contributed by atoms with E-state index in [2.05, 4.69) is 19.9 Å². The maximum atomic E-state index is 11.3. The Kier molecular flexibility index (Phi) is 3.96. The van der Waals surface area contributed by atoms with Crippen molar-refractivity contribution >= 4 is 0 Å². The lowest BCUT2D eigenvalue weighted by Crippen LogP contribution is -2.43. The zero-order chi connectivity index (χ0) is 13.9. The molecule has 2 nitrogen and oxygen atoms in total. The highest BCUT2D eigenvalue weighted by molar-refractivity contribution is 5.30. The second kappa shape index (κ2) is 5.35. The van der Waals surface area contributed by atoms with E-state index in [1.165, 1.54) is 0 Å². The molecule has 3 atom stereocenters. The molecule has 1 N–H and O–H groups in total. The van der Waals surface area contributed by atoms with Crippen molar-refractivity contribution in [2.24, 2.45) is 11.3 Å². The van der Waals surface area contributed by atoms with Crippen LogP contribution in [0, 0.1) is 22.7 Å². The zero-order valence-corrected chi connectivity index (χ0v) is 11.9. The molecule has 1 saturated carbocycles. The number of hydrogen-bond acceptors (Lipinski definition) is 2. The molecular weight excluding hydrogens is 234 g/mol. The summed E-state index contributed by atoms with van der Waals surface area (Å²) in [5, 5.41) is 21.1. The monoisotopic (exact) mass is 257 g/mol. The average Bonchev–Trinajstić information content (AvgIpc) is 2.83. The molecule has 19 heavy (non-hydrogen) atoms. The van der Waals surface area contributed by atoms with Crippen LogP contribution in [-0.2, 0) is 5.60 Å². The summed E-state index contributed by atoms with van der Waals surface area (Å²) in [7, 11) is 0. The minimum atomic E-state index is -1.01. The van der Waals surface area contributed by atoms with Crippen molar-refractivity contribution in [3.63, 3.8) is 0 Å². The van der Waals surface area contributed by atoms with Gasteiger partial charge in [-0.25, -0.2) is 0 Å². The SMILES string of the molecule is CCCC(O)(c1ccccc1)C1(C#N)CCC(C)C1. The van der Waals surface area contributed by atoms with Crippen LogP contribution >= 0.6 is 0 Å². The first-order valence-electron chi connectivity index (χ1n) is 7.27. The summed E-state index contributed by atoms with van der Waals surface area (Å²) in [5.74, 6) is 0.520. The molecular formula is C17H23NO. The Hall–Kier alpha value is -1.33. The van der Waals surface area contributed by atoms with Gasteiger partial charge in [0, 0.05) is 0 Å². The van der Waals surface area contributed by atoms with E-state index in [1.807, 2.05) is 30.3 Å². The van der Waals surface area contributed by atoms with Crippen LogP contribution in [-0.4, -0.2) is 5.11 Å². The third-order valence-electron chi connectivity index (χ3n) is 4.63. The number of nitrogens with zero attached hydrogens (tertiary/aromatic N) is 1.